The Bertz CT molecular complexity index is 389. The van der Waals surface area contributed by atoms with E-state index in [1.54, 1.807) is 18.2 Å². The van der Waals surface area contributed by atoms with Crippen molar-refractivity contribution in [2.24, 2.45) is 0 Å². The van der Waals surface area contributed by atoms with Crippen molar-refractivity contribution in [3.63, 3.8) is 0 Å². The van der Waals surface area contributed by atoms with E-state index >= 15 is 0 Å². The summed E-state index contributed by atoms with van der Waals surface area (Å²) >= 11 is 0. The number of aliphatic hydroxyl groups is 1. The Morgan fingerprint density at radius 1 is 1.53 bits per heavy atom. The number of anilines is 1. The van der Waals surface area contributed by atoms with E-state index in [1.807, 2.05) is 6.92 Å². The van der Waals surface area contributed by atoms with Crippen molar-refractivity contribution in [3.8, 4) is 5.75 Å². The van der Waals surface area contributed by atoms with Gasteiger partial charge in [0.2, 0.25) is 0 Å². The quantitative estimate of drug-likeness (QED) is 0.788. The average molecular weight is 207 g/mol. The number of ether oxygens (including phenoxy) is 1. The first-order valence-corrected chi connectivity index (χ1v) is 4.98. The Hall–Kier alpha value is -1.55. The summed E-state index contributed by atoms with van der Waals surface area (Å²) < 4.78 is 5.41. The van der Waals surface area contributed by atoms with Crippen molar-refractivity contribution in [2.75, 3.05) is 11.9 Å². The maximum absolute atomic E-state index is 11.2. The monoisotopic (exact) mass is 207 g/mol. The summed E-state index contributed by atoms with van der Waals surface area (Å²) in [5.74, 6) is 0.309. The van der Waals surface area contributed by atoms with Crippen molar-refractivity contribution in [1.29, 1.82) is 0 Å². The zero-order valence-corrected chi connectivity index (χ0v) is 8.49. The average Bonchev–Trinajstić information content (AvgIpc) is 2.52. The molecule has 2 N–H and O–H groups in total. The molecule has 0 fully saturated rings. The van der Waals surface area contributed by atoms with Gasteiger partial charge in [0.25, 0.3) is 5.91 Å². The molecule has 0 aromatic heterocycles. The number of fused-ring (bicyclic) bond motifs is 1. The van der Waals surface area contributed by atoms with Crippen molar-refractivity contribution < 1.29 is 14.6 Å². The van der Waals surface area contributed by atoms with Crippen LogP contribution in [0.5, 0.6) is 5.75 Å². The summed E-state index contributed by atoms with van der Waals surface area (Å²) in [5.41, 5.74) is 1.25. The number of hydrogen-bond donors (Lipinski definition) is 2. The van der Waals surface area contributed by atoms with E-state index in [-0.39, 0.29) is 5.91 Å². The van der Waals surface area contributed by atoms with Gasteiger partial charge in [-0.15, -0.1) is 0 Å². The van der Waals surface area contributed by atoms with Gasteiger partial charge in [-0.05, 0) is 24.6 Å². The topological polar surface area (TPSA) is 58.6 Å². The van der Waals surface area contributed by atoms with Gasteiger partial charge in [-0.25, -0.2) is 0 Å². The van der Waals surface area contributed by atoms with Crippen LogP contribution in [-0.4, -0.2) is 17.6 Å². The Balaban J connectivity index is 2.23. The molecule has 0 radical (unpaired) electrons. The number of carbonyl (C=O) groups excluding carboxylic acids is 1. The lowest BCUT2D eigenvalue weighted by Crippen LogP contribution is -2.10. The van der Waals surface area contributed by atoms with Gasteiger partial charge < -0.3 is 15.2 Å². The van der Waals surface area contributed by atoms with Crippen LogP contribution >= 0.6 is 0 Å². The highest BCUT2D eigenvalue weighted by molar-refractivity contribution is 6.01. The zero-order valence-electron chi connectivity index (χ0n) is 8.49. The third kappa shape index (κ3) is 1.80. The third-order valence-corrected chi connectivity index (χ3v) is 2.30. The maximum Gasteiger partial charge on any atom is 0.257 e. The normalized spacial score (nSPS) is 18.5. The number of carbonyl (C=O) groups is 1. The molecule has 15 heavy (non-hydrogen) atoms. The molecular formula is C11H13NO3. The Morgan fingerprint density at radius 3 is 3.07 bits per heavy atom. The predicted molar refractivity (Wildman–Crippen MR) is 55.8 cm³/mol. The number of nitrogens with one attached hydrogen (secondary N) is 1. The minimum absolute atomic E-state index is 0.377. The summed E-state index contributed by atoms with van der Waals surface area (Å²) in [7, 11) is 0. The van der Waals surface area contributed by atoms with E-state index in [0.717, 1.165) is 6.42 Å². The second-order valence-electron chi connectivity index (χ2n) is 3.49. The smallest absolute Gasteiger partial charge is 0.257 e. The molecular weight excluding hydrogens is 194 g/mol. The molecule has 4 nitrogen and oxygen atoms in total. The summed E-state index contributed by atoms with van der Waals surface area (Å²) in [4.78, 5) is 11.2. The Morgan fingerprint density at radius 2 is 2.33 bits per heavy atom. The first-order valence-electron chi connectivity index (χ1n) is 4.98. The van der Waals surface area contributed by atoms with Crippen LogP contribution in [0, 0.1) is 0 Å². The molecule has 1 aliphatic heterocycles. The molecule has 1 aromatic rings. The summed E-state index contributed by atoms with van der Waals surface area (Å²) in [6, 6.07) is 5.23. The molecule has 4 heteroatoms. The van der Waals surface area contributed by atoms with Crippen LogP contribution in [-0.2, 0) is 4.79 Å². The number of benzene rings is 1. The van der Waals surface area contributed by atoms with Gasteiger partial charge >= 0.3 is 0 Å². The number of amides is 1. The first kappa shape index (κ1) is 9.98. The summed E-state index contributed by atoms with van der Waals surface area (Å²) in [6.07, 6.45) is -0.137. The first-order chi connectivity index (χ1) is 7.22. The molecule has 1 atom stereocenters. The molecule has 2 rings (SSSR count). The lowest BCUT2D eigenvalue weighted by molar-refractivity contribution is -0.123. The number of rotatable bonds is 3. The molecule has 80 valence electrons. The van der Waals surface area contributed by atoms with Crippen molar-refractivity contribution in [2.45, 2.75) is 19.4 Å². The highest BCUT2D eigenvalue weighted by Crippen LogP contribution is 2.33. The molecule has 1 heterocycles. The molecule has 1 aliphatic rings. The summed E-state index contributed by atoms with van der Waals surface area (Å²) in [6.45, 7) is 2.66. The SMILES string of the molecule is CCCOc1ccc2c(c1)C(O)C(=O)N2. The fourth-order valence-corrected chi connectivity index (χ4v) is 1.53. The van der Waals surface area contributed by atoms with Crippen LogP contribution in [0.15, 0.2) is 18.2 Å². The molecule has 0 saturated carbocycles. The fraction of sp³-hybridized carbons (Fsp3) is 0.364. The van der Waals surface area contributed by atoms with E-state index in [4.69, 9.17) is 4.74 Å². The van der Waals surface area contributed by atoms with Crippen LogP contribution in [0.4, 0.5) is 5.69 Å². The van der Waals surface area contributed by atoms with Gasteiger partial charge in [0.1, 0.15) is 5.75 Å². The van der Waals surface area contributed by atoms with E-state index in [1.165, 1.54) is 0 Å². The number of hydrogen-bond acceptors (Lipinski definition) is 3. The lowest BCUT2D eigenvalue weighted by Gasteiger charge is -2.06. The second-order valence-corrected chi connectivity index (χ2v) is 3.49. The standard InChI is InChI=1S/C11H13NO3/c1-2-5-15-7-3-4-9-8(6-7)10(13)11(14)12-9/h3-4,6,10,13H,2,5H2,1H3,(H,12,14). The van der Waals surface area contributed by atoms with Gasteiger partial charge in [0.15, 0.2) is 6.10 Å². The minimum atomic E-state index is -1.06. The maximum atomic E-state index is 11.2. The Labute approximate surface area is 87.9 Å². The van der Waals surface area contributed by atoms with Crippen molar-refractivity contribution >= 4 is 11.6 Å². The Kier molecular flexibility index (Phi) is 2.60. The van der Waals surface area contributed by atoms with Gasteiger partial charge in [0, 0.05) is 11.3 Å². The fourth-order valence-electron chi connectivity index (χ4n) is 1.53. The van der Waals surface area contributed by atoms with Crippen LogP contribution in [0.3, 0.4) is 0 Å². The second kappa shape index (κ2) is 3.90. The van der Waals surface area contributed by atoms with Crippen LogP contribution < -0.4 is 10.1 Å². The highest BCUT2D eigenvalue weighted by Gasteiger charge is 2.28. The van der Waals surface area contributed by atoms with Crippen molar-refractivity contribution in [3.05, 3.63) is 23.8 Å². The number of aliphatic hydroxyl groups excluding tert-OH is 1. The molecule has 1 amide bonds. The van der Waals surface area contributed by atoms with Crippen LogP contribution in [0.1, 0.15) is 25.0 Å². The molecule has 0 aliphatic carbocycles. The third-order valence-electron chi connectivity index (χ3n) is 2.30. The zero-order chi connectivity index (χ0) is 10.8. The van der Waals surface area contributed by atoms with E-state index in [0.29, 0.717) is 23.6 Å². The van der Waals surface area contributed by atoms with Gasteiger partial charge in [-0.3, -0.25) is 4.79 Å². The van der Waals surface area contributed by atoms with Crippen LogP contribution in [0.2, 0.25) is 0 Å². The highest BCUT2D eigenvalue weighted by atomic mass is 16.5. The largest absolute Gasteiger partial charge is 0.494 e. The van der Waals surface area contributed by atoms with Gasteiger partial charge in [-0.2, -0.15) is 0 Å². The molecule has 0 bridgehead atoms. The van der Waals surface area contributed by atoms with Gasteiger partial charge in [0.05, 0.1) is 6.61 Å². The molecule has 1 unspecified atom stereocenters. The minimum Gasteiger partial charge on any atom is -0.494 e. The molecule has 0 spiro atoms. The predicted octanol–water partition coefficient (Wildman–Crippen LogP) is 1.46. The molecule has 1 aromatic carbocycles. The van der Waals surface area contributed by atoms with E-state index in [9.17, 15) is 9.90 Å². The summed E-state index contributed by atoms with van der Waals surface area (Å²) in [5, 5.41) is 12.1. The van der Waals surface area contributed by atoms with Crippen molar-refractivity contribution in [1.82, 2.24) is 0 Å². The van der Waals surface area contributed by atoms with E-state index < -0.39 is 6.10 Å². The van der Waals surface area contributed by atoms with Gasteiger partial charge in [-0.1, -0.05) is 6.92 Å². The van der Waals surface area contributed by atoms with E-state index in [2.05, 4.69) is 5.32 Å². The lowest BCUT2D eigenvalue weighted by atomic mass is 10.1. The van der Waals surface area contributed by atoms with Crippen LogP contribution in [0.25, 0.3) is 0 Å². The molecule has 0 saturated heterocycles.